The number of nitrogens with zero attached hydrogens (tertiary/aromatic N) is 6. The molecule has 39 heavy (non-hydrogen) atoms. The Balaban J connectivity index is 0.00000100. The van der Waals surface area contributed by atoms with Gasteiger partial charge in [0.2, 0.25) is 0 Å². The summed E-state index contributed by atoms with van der Waals surface area (Å²) in [5.74, 6) is 0.587. The maximum atomic E-state index is 11.2. The van der Waals surface area contributed by atoms with Gasteiger partial charge in [0.15, 0.2) is 11.5 Å². The highest BCUT2D eigenvalue weighted by Crippen LogP contribution is 2.32. The van der Waals surface area contributed by atoms with E-state index in [1.165, 1.54) is 13.1 Å². The molecule has 9 nitrogen and oxygen atoms in total. The number of esters is 1. The molecule has 0 atom stereocenters. The van der Waals surface area contributed by atoms with Crippen LogP contribution in [0.3, 0.4) is 0 Å². The molecule has 0 spiro atoms. The fourth-order valence-electron chi connectivity index (χ4n) is 3.77. The van der Waals surface area contributed by atoms with E-state index in [0.717, 1.165) is 11.3 Å². The highest BCUT2D eigenvalue weighted by Gasteiger charge is 2.19. The quantitative estimate of drug-likeness (QED) is 0.274. The summed E-state index contributed by atoms with van der Waals surface area (Å²) in [6.07, 6.45) is 4.77. The number of aromatic nitrogens is 5. The number of hydrogen-bond donors (Lipinski definition) is 1. The molecule has 4 aromatic heterocycles. The average molecular weight is 522 g/mol. The van der Waals surface area contributed by atoms with Gasteiger partial charge in [0.25, 0.3) is 0 Å². The summed E-state index contributed by atoms with van der Waals surface area (Å²) in [7, 11) is 0. The first-order chi connectivity index (χ1) is 19.0. The lowest BCUT2D eigenvalue weighted by Gasteiger charge is -2.11. The SMILES string of the molecule is CC.CC.CC(=O)OCc1ccc(-n2c(-c3cccnc3N)nc3ccc(-c4ccncc4C#N)nc32)cc1. The standard InChI is InChI=1S/C26H19N7O2.2C2H6/c1-16(34)35-15-17-4-6-19(7-5-17)33-25(21-3-2-11-30-24(21)28)32-23-9-8-22(31-26(23)33)20-10-12-29-14-18(20)13-27;2*1-2/h2-12,14H,15H2,1H3,(H2,28,30);2*1-2H3. The molecule has 1 aromatic carbocycles. The van der Waals surface area contributed by atoms with Gasteiger partial charge in [-0.2, -0.15) is 5.26 Å². The lowest BCUT2D eigenvalue weighted by molar-refractivity contribution is -0.142. The van der Waals surface area contributed by atoms with Crippen LogP contribution in [0.2, 0.25) is 0 Å². The molecule has 198 valence electrons. The highest BCUT2D eigenvalue weighted by molar-refractivity contribution is 5.85. The topological polar surface area (TPSA) is 133 Å². The molecule has 5 aromatic rings. The van der Waals surface area contributed by atoms with Crippen LogP contribution in [0.15, 0.2) is 73.2 Å². The number of carbonyl (C=O) groups excluding carboxylic acids is 1. The predicted octanol–water partition coefficient (Wildman–Crippen LogP) is 6.11. The van der Waals surface area contributed by atoms with Crippen LogP contribution in [0, 0.1) is 11.3 Å². The Bertz CT molecular complexity index is 1600. The summed E-state index contributed by atoms with van der Waals surface area (Å²) in [5.41, 5.74) is 11.5. The number of anilines is 1. The minimum Gasteiger partial charge on any atom is -0.461 e. The van der Waals surface area contributed by atoms with Crippen molar-refractivity contribution in [3.63, 3.8) is 0 Å². The van der Waals surface area contributed by atoms with Gasteiger partial charge in [-0.05, 0) is 48.0 Å². The number of pyridine rings is 3. The first kappa shape index (κ1) is 28.5. The number of benzene rings is 1. The van der Waals surface area contributed by atoms with Gasteiger partial charge in [0.05, 0.1) is 16.8 Å². The van der Waals surface area contributed by atoms with E-state index in [9.17, 15) is 10.1 Å². The van der Waals surface area contributed by atoms with E-state index in [2.05, 4.69) is 16.0 Å². The molecule has 4 heterocycles. The van der Waals surface area contributed by atoms with Crippen molar-refractivity contribution >= 4 is 23.0 Å². The number of hydrogen-bond acceptors (Lipinski definition) is 8. The van der Waals surface area contributed by atoms with Crippen LogP contribution in [0.5, 0.6) is 0 Å². The van der Waals surface area contributed by atoms with Crippen LogP contribution < -0.4 is 5.73 Å². The molecule has 0 amide bonds. The largest absolute Gasteiger partial charge is 0.461 e. The van der Waals surface area contributed by atoms with E-state index < -0.39 is 0 Å². The van der Waals surface area contributed by atoms with Crippen molar-refractivity contribution in [1.29, 1.82) is 5.26 Å². The van der Waals surface area contributed by atoms with Crippen LogP contribution in [0.4, 0.5) is 5.82 Å². The second-order valence-corrected chi connectivity index (χ2v) is 7.73. The van der Waals surface area contributed by atoms with E-state index in [1.54, 1.807) is 24.5 Å². The van der Waals surface area contributed by atoms with Gasteiger partial charge in [-0.15, -0.1) is 0 Å². The first-order valence-electron chi connectivity index (χ1n) is 12.7. The number of nitrogen functional groups attached to an aromatic ring is 1. The number of nitrogens with two attached hydrogens (primary N) is 1. The molecule has 0 aliphatic carbocycles. The summed E-state index contributed by atoms with van der Waals surface area (Å²) < 4.78 is 7.00. The van der Waals surface area contributed by atoms with Crippen molar-refractivity contribution in [2.45, 2.75) is 41.2 Å². The van der Waals surface area contributed by atoms with Crippen LogP contribution in [-0.2, 0) is 16.1 Å². The number of imidazole rings is 1. The summed E-state index contributed by atoms with van der Waals surface area (Å²) >= 11 is 0. The average Bonchev–Trinajstić information content (AvgIpc) is 3.37. The first-order valence-corrected chi connectivity index (χ1v) is 12.7. The summed E-state index contributed by atoms with van der Waals surface area (Å²) in [6, 6.07) is 18.8. The molecule has 0 saturated carbocycles. The number of rotatable bonds is 5. The minimum absolute atomic E-state index is 0.185. The second kappa shape index (κ2) is 13.4. The Morgan fingerprint density at radius 1 is 0.974 bits per heavy atom. The third kappa shape index (κ3) is 6.25. The van der Waals surface area contributed by atoms with Gasteiger partial charge < -0.3 is 10.5 Å². The van der Waals surface area contributed by atoms with Crippen LogP contribution in [-0.4, -0.2) is 30.5 Å². The van der Waals surface area contributed by atoms with E-state index in [0.29, 0.717) is 45.2 Å². The lowest BCUT2D eigenvalue weighted by atomic mass is 10.1. The molecule has 0 bridgehead atoms. The summed E-state index contributed by atoms with van der Waals surface area (Å²) in [4.78, 5) is 29.1. The number of fused-ring (bicyclic) bond motifs is 1. The van der Waals surface area contributed by atoms with Crippen LogP contribution in [0.1, 0.15) is 45.7 Å². The zero-order valence-electron chi connectivity index (χ0n) is 22.7. The zero-order valence-corrected chi connectivity index (χ0v) is 22.7. The molecule has 9 heteroatoms. The zero-order chi connectivity index (χ0) is 28.4. The molecule has 0 aliphatic heterocycles. The molecule has 5 rings (SSSR count). The van der Waals surface area contributed by atoms with Crippen molar-refractivity contribution in [2.75, 3.05) is 5.73 Å². The van der Waals surface area contributed by atoms with Crippen molar-refractivity contribution < 1.29 is 9.53 Å². The van der Waals surface area contributed by atoms with Gasteiger partial charge in [0.1, 0.15) is 24.0 Å². The fourth-order valence-corrected chi connectivity index (χ4v) is 3.77. The number of nitriles is 1. The Kier molecular flexibility index (Phi) is 9.82. The number of carbonyl (C=O) groups is 1. The molecule has 0 fully saturated rings. The van der Waals surface area contributed by atoms with Crippen molar-refractivity contribution in [2.24, 2.45) is 0 Å². The van der Waals surface area contributed by atoms with Crippen molar-refractivity contribution in [3.05, 3.63) is 84.3 Å². The molecule has 0 aliphatic rings. The molecular weight excluding hydrogens is 490 g/mol. The Morgan fingerprint density at radius 3 is 2.38 bits per heavy atom. The third-order valence-corrected chi connectivity index (χ3v) is 5.44. The van der Waals surface area contributed by atoms with E-state index in [-0.39, 0.29) is 12.6 Å². The Morgan fingerprint density at radius 2 is 1.72 bits per heavy atom. The maximum absolute atomic E-state index is 11.2. The lowest BCUT2D eigenvalue weighted by Crippen LogP contribution is -2.03. The van der Waals surface area contributed by atoms with Gasteiger partial charge in [-0.3, -0.25) is 14.3 Å². The van der Waals surface area contributed by atoms with Gasteiger partial charge >= 0.3 is 5.97 Å². The Hall–Kier alpha value is -5.10. The molecule has 0 unspecified atom stereocenters. The van der Waals surface area contributed by atoms with Crippen LogP contribution >= 0.6 is 0 Å². The molecular formula is C30H31N7O2. The van der Waals surface area contributed by atoms with Crippen molar-refractivity contribution in [3.8, 4) is 34.4 Å². The van der Waals surface area contributed by atoms with E-state index in [4.69, 9.17) is 20.4 Å². The fraction of sp³-hybridized carbons (Fsp3) is 0.200. The van der Waals surface area contributed by atoms with Crippen molar-refractivity contribution in [1.82, 2.24) is 24.5 Å². The predicted molar refractivity (Wildman–Crippen MR) is 153 cm³/mol. The van der Waals surface area contributed by atoms with Gasteiger partial charge in [0, 0.05) is 36.8 Å². The Labute approximate surface area is 228 Å². The summed E-state index contributed by atoms with van der Waals surface area (Å²) in [6.45, 7) is 9.56. The van der Waals surface area contributed by atoms with Crippen LogP contribution in [0.25, 0.3) is 39.5 Å². The monoisotopic (exact) mass is 521 g/mol. The molecule has 0 radical (unpaired) electrons. The second-order valence-electron chi connectivity index (χ2n) is 7.73. The molecule has 2 N–H and O–H groups in total. The minimum atomic E-state index is -0.339. The smallest absolute Gasteiger partial charge is 0.302 e. The highest BCUT2D eigenvalue weighted by atomic mass is 16.5. The third-order valence-electron chi connectivity index (χ3n) is 5.44. The molecule has 0 saturated heterocycles. The summed E-state index contributed by atoms with van der Waals surface area (Å²) in [5, 5.41) is 9.53. The van der Waals surface area contributed by atoms with E-state index in [1.807, 2.05) is 74.7 Å². The normalized spacial score (nSPS) is 9.95. The van der Waals surface area contributed by atoms with Gasteiger partial charge in [-0.1, -0.05) is 39.8 Å². The number of ether oxygens (including phenoxy) is 1. The van der Waals surface area contributed by atoms with E-state index >= 15 is 0 Å². The maximum Gasteiger partial charge on any atom is 0.302 e. The van der Waals surface area contributed by atoms with Gasteiger partial charge in [-0.25, -0.2) is 15.0 Å².